The lowest BCUT2D eigenvalue weighted by Crippen LogP contribution is -2.29. The number of rotatable bonds is 5. The molecule has 1 saturated heterocycles. The Labute approximate surface area is 139 Å². The standard InChI is InChI=1S/C17H20N4O3/c1-18-16(22)13-6-7-20(11-13)9-12-8-19-21(10-12)15-5-3-2-4-14(15)17(23)24/h2-5,8,10,13H,6-7,9,11H2,1H3,(H,18,22)(H,23,24)/t13-/m1/s1. The first-order valence-electron chi connectivity index (χ1n) is 7.88. The number of carbonyl (C=O) groups excluding carboxylic acids is 1. The average Bonchev–Trinajstić information content (AvgIpc) is 3.24. The van der Waals surface area contributed by atoms with Gasteiger partial charge < -0.3 is 10.4 Å². The van der Waals surface area contributed by atoms with Gasteiger partial charge in [0, 0.05) is 31.9 Å². The van der Waals surface area contributed by atoms with E-state index in [1.165, 1.54) is 0 Å². The first-order valence-corrected chi connectivity index (χ1v) is 7.88. The van der Waals surface area contributed by atoms with E-state index in [1.807, 2.05) is 6.20 Å². The van der Waals surface area contributed by atoms with Crippen molar-refractivity contribution in [1.29, 1.82) is 0 Å². The number of hydrogen-bond donors (Lipinski definition) is 2. The molecule has 3 rings (SSSR count). The Bertz CT molecular complexity index is 756. The molecule has 0 radical (unpaired) electrons. The van der Waals surface area contributed by atoms with Gasteiger partial charge in [-0.1, -0.05) is 12.1 Å². The van der Waals surface area contributed by atoms with Crippen molar-refractivity contribution in [3.8, 4) is 5.69 Å². The number of aromatic nitrogens is 2. The molecule has 7 nitrogen and oxygen atoms in total. The van der Waals surface area contributed by atoms with E-state index in [0.29, 0.717) is 12.2 Å². The lowest BCUT2D eigenvalue weighted by Gasteiger charge is -2.14. The minimum absolute atomic E-state index is 0.0396. The Morgan fingerprint density at radius 2 is 2.17 bits per heavy atom. The summed E-state index contributed by atoms with van der Waals surface area (Å²) in [5, 5.41) is 16.3. The zero-order chi connectivity index (χ0) is 17.1. The van der Waals surface area contributed by atoms with Gasteiger partial charge in [0.15, 0.2) is 0 Å². The molecule has 2 aromatic rings. The number of carboxylic acids is 1. The van der Waals surface area contributed by atoms with Gasteiger partial charge in [0.05, 0.1) is 23.4 Å². The smallest absolute Gasteiger partial charge is 0.337 e. The number of nitrogens with zero attached hydrogens (tertiary/aromatic N) is 3. The van der Waals surface area contributed by atoms with Crippen molar-refractivity contribution in [2.75, 3.05) is 20.1 Å². The van der Waals surface area contributed by atoms with Crippen LogP contribution in [0.1, 0.15) is 22.3 Å². The van der Waals surface area contributed by atoms with Crippen LogP contribution in [0.4, 0.5) is 0 Å². The zero-order valence-corrected chi connectivity index (χ0v) is 13.5. The Kier molecular flexibility index (Phi) is 4.61. The quantitative estimate of drug-likeness (QED) is 0.859. The van der Waals surface area contributed by atoms with Crippen molar-refractivity contribution >= 4 is 11.9 Å². The highest BCUT2D eigenvalue weighted by molar-refractivity contribution is 5.91. The highest BCUT2D eigenvalue weighted by Crippen LogP contribution is 2.20. The first-order chi connectivity index (χ1) is 11.6. The fourth-order valence-corrected chi connectivity index (χ4v) is 3.08. The van der Waals surface area contributed by atoms with Gasteiger partial charge in [-0.2, -0.15) is 5.10 Å². The molecule has 1 amide bonds. The van der Waals surface area contributed by atoms with Gasteiger partial charge in [0.25, 0.3) is 0 Å². The number of aromatic carboxylic acids is 1. The summed E-state index contributed by atoms with van der Waals surface area (Å²) in [5.41, 5.74) is 1.75. The minimum Gasteiger partial charge on any atom is -0.478 e. The molecule has 1 aliphatic rings. The third-order valence-corrected chi connectivity index (χ3v) is 4.31. The van der Waals surface area contributed by atoms with E-state index < -0.39 is 5.97 Å². The highest BCUT2D eigenvalue weighted by Gasteiger charge is 2.27. The van der Waals surface area contributed by atoms with Gasteiger partial charge >= 0.3 is 5.97 Å². The molecule has 126 valence electrons. The fraction of sp³-hybridized carbons (Fsp3) is 0.353. The lowest BCUT2D eigenvalue weighted by molar-refractivity contribution is -0.124. The van der Waals surface area contributed by atoms with Crippen molar-refractivity contribution in [2.24, 2.45) is 5.92 Å². The Morgan fingerprint density at radius 3 is 2.92 bits per heavy atom. The number of carbonyl (C=O) groups is 2. The maximum atomic E-state index is 11.7. The second kappa shape index (κ2) is 6.84. The van der Waals surface area contributed by atoms with Crippen LogP contribution in [0.3, 0.4) is 0 Å². The summed E-state index contributed by atoms with van der Waals surface area (Å²) in [6.07, 6.45) is 4.44. The summed E-state index contributed by atoms with van der Waals surface area (Å²) >= 11 is 0. The maximum absolute atomic E-state index is 11.7. The van der Waals surface area contributed by atoms with Crippen molar-refractivity contribution in [3.63, 3.8) is 0 Å². The molecule has 0 bridgehead atoms. The number of para-hydroxylation sites is 1. The van der Waals surface area contributed by atoms with Crippen LogP contribution >= 0.6 is 0 Å². The molecule has 1 aromatic heterocycles. The van der Waals surface area contributed by atoms with Crippen molar-refractivity contribution < 1.29 is 14.7 Å². The second-order valence-corrected chi connectivity index (χ2v) is 5.95. The van der Waals surface area contributed by atoms with Gasteiger partial charge in [-0.3, -0.25) is 9.69 Å². The number of carboxylic acid groups (broad SMARTS) is 1. The molecule has 2 heterocycles. The van der Waals surface area contributed by atoms with E-state index in [-0.39, 0.29) is 17.4 Å². The van der Waals surface area contributed by atoms with E-state index in [4.69, 9.17) is 0 Å². The van der Waals surface area contributed by atoms with Gasteiger partial charge in [-0.15, -0.1) is 0 Å². The molecule has 7 heteroatoms. The number of hydrogen-bond acceptors (Lipinski definition) is 4. The van der Waals surface area contributed by atoms with E-state index in [9.17, 15) is 14.7 Å². The minimum atomic E-state index is -0.976. The Balaban J connectivity index is 1.71. The monoisotopic (exact) mass is 328 g/mol. The summed E-state index contributed by atoms with van der Waals surface area (Å²) < 4.78 is 1.59. The van der Waals surface area contributed by atoms with E-state index >= 15 is 0 Å². The molecular weight excluding hydrogens is 308 g/mol. The van der Waals surface area contributed by atoms with E-state index in [2.05, 4.69) is 15.3 Å². The summed E-state index contributed by atoms with van der Waals surface area (Å²) in [7, 11) is 1.66. The van der Waals surface area contributed by atoms with Crippen LogP contribution in [-0.4, -0.2) is 51.8 Å². The zero-order valence-electron chi connectivity index (χ0n) is 13.5. The van der Waals surface area contributed by atoms with Crippen LogP contribution in [-0.2, 0) is 11.3 Å². The molecule has 0 unspecified atom stereocenters. The average molecular weight is 328 g/mol. The molecule has 24 heavy (non-hydrogen) atoms. The highest BCUT2D eigenvalue weighted by atomic mass is 16.4. The third-order valence-electron chi connectivity index (χ3n) is 4.31. The predicted octanol–water partition coefficient (Wildman–Crippen LogP) is 1.14. The Hall–Kier alpha value is -2.67. The topological polar surface area (TPSA) is 87.5 Å². The van der Waals surface area contributed by atoms with E-state index in [1.54, 1.807) is 42.2 Å². The fourth-order valence-electron chi connectivity index (χ4n) is 3.08. The summed E-state index contributed by atoms with van der Waals surface area (Å²) in [5.74, 6) is -0.850. The second-order valence-electron chi connectivity index (χ2n) is 5.95. The van der Waals surface area contributed by atoms with E-state index in [0.717, 1.165) is 25.1 Å². The molecule has 1 fully saturated rings. The third kappa shape index (κ3) is 3.30. The molecule has 1 aliphatic heterocycles. The Morgan fingerprint density at radius 1 is 1.38 bits per heavy atom. The van der Waals surface area contributed by atoms with Gasteiger partial charge in [-0.25, -0.2) is 9.48 Å². The largest absolute Gasteiger partial charge is 0.478 e. The molecule has 1 aromatic carbocycles. The summed E-state index contributed by atoms with van der Waals surface area (Å²) in [4.78, 5) is 25.2. The number of nitrogens with one attached hydrogen (secondary N) is 1. The predicted molar refractivity (Wildman–Crippen MR) is 88.0 cm³/mol. The normalized spacial score (nSPS) is 17.8. The number of benzene rings is 1. The first kappa shape index (κ1) is 16.2. The molecule has 0 saturated carbocycles. The van der Waals surface area contributed by atoms with Crippen LogP contribution in [0.15, 0.2) is 36.7 Å². The number of amides is 1. The lowest BCUT2D eigenvalue weighted by atomic mass is 10.1. The molecule has 2 N–H and O–H groups in total. The van der Waals surface area contributed by atoms with Gasteiger partial charge in [0.1, 0.15) is 0 Å². The van der Waals surface area contributed by atoms with Crippen molar-refractivity contribution in [2.45, 2.75) is 13.0 Å². The van der Waals surface area contributed by atoms with Gasteiger partial charge in [0.2, 0.25) is 5.91 Å². The summed E-state index contributed by atoms with van der Waals surface area (Å²) in [6.45, 7) is 2.30. The summed E-state index contributed by atoms with van der Waals surface area (Å²) in [6, 6.07) is 6.78. The SMILES string of the molecule is CNC(=O)[C@@H]1CCN(Cc2cnn(-c3ccccc3C(=O)O)c2)C1. The van der Waals surface area contributed by atoms with Crippen LogP contribution in [0.5, 0.6) is 0 Å². The van der Waals surface area contributed by atoms with Gasteiger partial charge in [-0.05, 0) is 25.1 Å². The van der Waals surface area contributed by atoms with Crippen LogP contribution in [0.2, 0.25) is 0 Å². The molecular formula is C17H20N4O3. The van der Waals surface area contributed by atoms with Crippen LogP contribution in [0.25, 0.3) is 5.69 Å². The van der Waals surface area contributed by atoms with Crippen LogP contribution in [0, 0.1) is 5.92 Å². The maximum Gasteiger partial charge on any atom is 0.337 e. The molecule has 1 atom stereocenters. The van der Waals surface area contributed by atoms with Crippen molar-refractivity contribution in [1.82, 2.24) is 20.0 Å². The number of likely N-dealkylation sites (tertiary alicyclic amines) is 1. The van der Waals surface area contributed by atoms with Crippen LogP contribution < -0.4 is 5.32 Å². The van der Waals surface area contributed by atoms with Crippen molar-refractivity contribution in [3.05, 3.63) is 47.8 Å². The molecule has 0 spiro atoms. The molecule has 0 aliphatic carbocycles.